The van der Waals surface area contributed by atoms with Gasteiger partial charge >= 0.3 is 0 Å². The fourth-order valence-corrected chi connectivity index (χ4v) is 3.92. The average Bonchev–Trinajstić information content (AvgIpc) is 2.94. The average molecular weight is 508 g/mol. The number of anilines is 1. The van der Waals surface area contributed by atoms with E-state index in [1.807, 2.05) is 24.3 Å². The van der Waals surface area contributed by atoms with Crippen molar-refractivity contribution >= 4 is 11.5 Å². The molecule has 3 aromatic carbocycles. The zero-order chi connectivity index (χ0) is 26.8. The molecule has 0 aliphatic heterocycles. The van der Waals surface area contributed by atoms with Gasteiger partial charge in [0.05, 0.1) is 48.3 Å². The lowest BCUT2D eigenvalue weighted by Gasteiger charge is -2.16. The summed E-state index contributed by atoms with van der Waals surface area (Å²) in [6.07, 6.45) is 4.47. The van der Waals surface area contributed by atoms with Gasteiger partial charge in [-0.05, 0) is 60.4 Å². The lowest BCUT2D eigenvalue weighted by Crippen LogP contribution is -2.02. The molecule has 0 saturated carbocycles. The van der Waals surface area contributed by atoms with Gasteiger partial charge in [-0.25, -0.2) is 0 Å². The smallest absolute Gasteiger partial charge is 0.203 e. The Balaban J connectivity index is 1.81. The molecule has 0 amide bonds. The molecule has 0 saturated heterocycles. The molecular weight excluding hydrogens is 474 g/mol. The van der Waals surface area contributed by atoms with Crippen molar-refractivity contribution in [3.63, 3.8) is 0 Å². The molecule has 37 heavy (non-hydrogen) atoms. The Morgan fingerprint density at radius 3 is 1.81 bits per heavy atom. The second-order valence-electron chi connectivity index (χ2n) is 7.99. The number of carbonyl (C=O) groups excluding carboxylic acids is 1. The van der Waals surface area contributed by atoms with Crippen LogP contribution >= 0.6 is 0 Å². The van der Waals surface area contributed by atoms with Crippen LogP contribution in [0.15, 0.2) is 60.8 Å². The Bertz CT molecular complexity index is 1230. The Labute approximate surface area is 217 Å². The molecule has 0 aromatic heterocycles. The highest BCUT2D eigenvalue weighted by Crippen LogP contribution is 2.39. The van der Waals surface area contributed by atoms with Crippen LogP contribution < -0.4 is 33.7 Å². The first-order valence-electron chi connectivity index (χ1n) is 11.6. The molecule has 0 aliphatic carbocycles. The number of hydrogen-bond acceptors (Lipinski definition) is 8. The third kappa shape index (κ3) is 6.67. The van der Waals surface area contributed by atoms with Crippen molar-refractivity contribution < 1.29 is 33.2 Å². The normalized spacial score (nSPS) is 10.6. The standard InChI is InChI=1S/C29H33NO7/c1-32-22-9-7-8-21(18-22)24(31)12-13-30-23-14-19(15-25(33-2)28(23)36-5)10-11-20-16-26(34-3)29(37-6)27(17-20)35-4/h7-9,12-18,30H,10-11H2,1-6H3/b13-12-. The van der Waals surface area contributed by atoms with E-state index in [0.29, 0.717) is 52.2 Å². The molecule has 0 spiro atoms. The van der Waals surface area contributed by atoms with Crippen LogP contribution in [-0.4, -0.2) is 48.4 Å². The second-order valence-corrected chi connectivity index (χ2v) is 7.99. The summed E-state index contributed by atoms with van der Waals surface area (Å²) in [6, 6.07) is 14.8. The molecule has 0 heterocycles. The van der Waals surface area contributed by atoms with Crippen LogP contribution in [0.4, 0.5) is 5.69 Å². The summed E-state index contributed by atoms with van der Waals surface area (Å²) >= 11 is 0. The monoisotopic (exact) mass is 507 g/mol. The van der Waals surface area contributed by atoms with Gasteiger partial charge in [-0.1, -0.05) is 12.1 Å². The van der Waals surface area contributed by atoms with Crippen LogP contribution in [0, 0.1) is 0 Å². The number of carbonyl (C=O) groups is 1. The molecule has 0 bridgehead atoms. The fraction of sp³-hybridized carbons (Fsp3) is 0.276. The van der Waals surface area contributed by atoms with Gasteiger partial charge < -0.3 is 33.7 Å². The molecule has 0 unspecified atom stereocenters. The molecule has 8 nitrogen and oxygen atoms in total. The van der Waals surface area contributed by atoms with Crippen molar-refractivity contribution in [3.05, 3.63) is 77.5 Å². The van der Waals surface area contributed by atoms with Gasteiger partial charge in [0.25, 0.3) is 0 Å². The molecule has 1 N–H and O–H groups in total. The van der Waals surface area contributed by atoms with Crippen molar-refractivity contribution in [1.82, 2.24) is 0 Å². The van der Waals surface area contributed by atoms with E-state index in [-0.39, 0.29) is 5.78 Å². The third-order valence-corrected chi connectivity index (χ3v) is 5.79. The van der Waals surface area contributed by atoms with Crippen molar-refractivity contribution in [3.8, 4) is 34.5 Å². The lowest BCUT2D eigenvalue weighted by atomic mass is 10.0. The maximum absolute atomic E-state index is 12.6. The van der Waals surface area contributed by atoms with E-state index in [1.165, 1.54) is 6.08 Å². The SMILES string of the molecule is COc1cccc(C(=O)/C=C\Nc2cc(CCc3cc(OC)c(OC)c(OC)c3)cc(OC)c2OC)c1. The van der Waals surface area contributed by atoms with E-state index >= 15 is 0 Å². The Kier molecular flexibility index (Phi) is 9.66. The fourth-order valence-electron chi connectivity index (χ4n) is 3.92. The topological polar surface area (TPSA) is 84.5 Å². The van der Waals surface area contributed by atoms with Crippen molar-refractivity contribution in [2.45, 2.75) is 12.8 Å². The van der Waals surface area contributed by atoms with Gasteiger partial charge in [0.2, 0.25) is 5.75 Å². The number of ketones is 1. The number of nitrogens with one attached hydrogen (secondary N) is 1. The number of methoxy groups -OCH3 is 6. The predicted molar refractivity (Wildman–Crippen MR) is 143 cm³/mol. The molecule has 0 aliphatic rings. The molecular formula is C29H33NO7. The lowest BCUT2D eigenvalue weighted by molar-refractivity contribution is 0.104. The minimum atomic E-state index is -0.157. The van der Waals surface area contributed by atoms with Crippen LogP contribution in [0.2, 0.25) is 0 Å². The molecule has 196 valence electrons. The zero-order valence-corrected chi connectivity index (χ0v) is 22.0. The number of benzene rings is 3. The summed E-state index contributed by atoms with van der Waals surface area (Å²) in [4.78, 5) is 12.6. The number of hydrogen-bond donors (Lipinski definition) is 1. The maximum Gasteiger partial charge on any atom is 0.203 e. The summed E-state index contributed by atoms with van der Waals surface area (Å²) < 4.78 is 32.7. The van der Waals surface area contributed by atoms with E-state index in [2.05, 4.69) is 5.32 Å². The number of rotatable bonds is 13. The van der Waals surface area contributed by atoms with Crippen molar-refractivity contribution in [2.75, 3.05) is 48.0 Å². The maximum atomic E-state index is 12.6. The highest BCUT2D eigenvalue weighted by Gasteiger charge is 2.15. The van der Waals surface area contributed by atoms with Crippen molar-refractivity contribution in [1.29, 1.82) is 0 Å². The van der Waals surface area contributed by atoms with E-state index < -0.39 is 0 Å². The molecule has 8 heteroatoms. The van der Waals surface area contributed by atoms with E-state index in [4.69, 9.17) is 28.4 Å². The summed E-state index contributed by atoms with van der Waals surface area (Å²) in [6.45, 7) is 0. The number of allylic oxidation sites excluding steroid dienone is 1. The zero-order valence-electron chi connectivity index (χ0n) is 22.0. The van der Waals surface area contributed by atoms with E-state index in [9.17, 15) is 4.79 Å². The summed E-state index contributed by atoms with van der Waals surface area (Å²) in [5.41, 5.74) is 3.25. The van der Waals surface area contributed by atoms with E-state index in [1.54, 1.807) is 73.1 Å². The molecule has 0 radical (unpaired) electrons. The second kappa shape index (κ2) is 13.1. The Morgan fingerprint density at radius 1 is 0.703 bits per heavy atom. The quantitative estimate of drug-likeness (QED) is 0.245. The molecule has 0 atom stereocenters. The van der Waals surface area contributed by atoms with E-state index in [0.717, 1.165) is 17.5 Å². The largest absolute Gasteiger partial charge is 0.497 e. The first-order valence-corrected chi connectivity index (χ1v) is 11.6. The van der Waals surface area contributed by atoms with Gasteiger partial charge in [0.15, 0.2) is 28.8 Å². The minimum absolute atomic E-state index is 0.157. The summed E-state index contributed by atoms with van der Waals surface area (Å²) in [7, 11) is 9.50. The molecule has 3 aromatic rings. The first kappa shape index (κ1) is 27.3. The third-order valence-electron chi connectivity index (χ3n) is 5.79. The number of ether oxygens (including phenoxy) is 6. The highest BCUT2D eigenvalue weighted by molar-refractivity contribution is 6.04. The van der Waals surface area contributed by atoms with Crippen molar-refractivity contribution in [2.24, 2.45) is 0 Å². The van der Waals surface area contributed by atoms with Crippen LogP contribution in [-0.2, 0) is 12.8 Å². The van der Waals surface area contributed by atoms with Crippen LogP contribution in [0.3, 0.4) is 0 Å². The van der Waals surface area contributed by atoms with Gasteiger partial charge in [-0.2, -0.15) is 0 Å². The summed E-state index contributed by atoms with van der Waals surface area (Å²) in [5.74, 6) is 3.36. The Morgan fingerprint density at radius 2 is 1.27 bits per heavy atom. The summed E-state index contributed by atoms with van der Waals surface area (Å²) in [5, 5.41) is 3.16. The number of aryl methyl sites for hydroxylation is 2. The van der Waals surface area contributed by atoms with Gasteiger partial charge in [-0.15, -0.1) is 0 Å². The van der Waals surface area contributed by atoms with Gasteiger partial charge in [0.1, 0.15) is 5.75 Å². The first-order chi connectivity index (χ1) is 18.0. The molecule has 3 rings (SSSR count). The van der Waals surface area contributed by atoms with Gasteiger partial charge in [0, 0.05) is 17.8 Å². The highest BCUT2D eigenvalue weighted by atomic mass is 16.5. The predicted octanol–water partition coefficient (Wildman–Crippen LogP) is 5.33. The Hall–Kier alpha value is -4.33. The molecule has 0 fully saturated rings. The van der Waals surface area contributed by atoms with Gasteiger partial charge in [-0.3, -0.25) is 4.79 Å². The van der Waals surface area contributed by atoms with Crippen LogP contribution in [0.25, 0.3) is 0 Å². The van der Waals surface area contributed by atoms with Crippen LogP contribution in [0.1, 0.15) is 21.5 Å². The van der Waals surface area contributed by atoms with Crippen LogP contribution in [0.5, 0.6) is 34.5 Å². The minimum Gasteiger partial charge on any atom is -0.497 e.